The summed E-state index contributed by atoms with van der Waals surface area (Å²) in [6, 6.07) is 5.05. The van der Waals surface area contributed by atoms with E-state index in [1.165, 1.54) is 12.1 Å². The number of hydrogen-bond acceptors (Lipinski definition) is 7. The molecule has 4 aliphatic rings. The Labute approximate surface area is 274 Å². The Hall–Kier alpha value is -3.45. The number of carbonyl (C=O) groups is 3. The summed E-state index contributed by atoms with van der Waals surface area (Å²) in [5.74, 6) is 0.0208. The summed E-state index contributed by atoms with van der Waals surface area (Å²) >= 11 is 1.04. The molecule has 4 fully saturated rings. The standard InChI is InChI=1S/C32H36F2N5O6PS/c1-37(2)25-7-8-35-14-23(25)20-15-38(16-20)31(42)26-5-4-22-11-17-9-18(17)12-24(30(41)39(22)26)36-29(40)28-13-19-10-21(3-6-27(19)47-28)32(33,34)46(43,44)45/h3,6-8,10,13-14,17-18,20,22,24,26H,4-5,9,11-12,15-16H2,1-2H3,(H,36,40)(H2,43,44,45)/t17-,18+,22-,24+,26+/m1/s1. The highest BCUT2D eigenvalue weighted by Gasteiger charge is 2.53. The van der Waals surface area contributed by atoms with Crippen molar-refractivity contribution >= 4 is 52.4 Å². The van der Waals surface area contributed by atoms with E-state index in [4.69, 9.17) is 9.79 Å². The van der Waals surface area contributed by atoms with Crippen LogP contribution in [0.1, 0.15) is 58.8 Å². The molecule has 15 heteroatoms. The first-order chi connectivity index (χ1) is 22.2. The predicted molar refractivity (Wildman–Crippen MR) is 171 cm³/mol. The molecule has 5 heterocycles. The van der Waals surface area contributed by atoms with Crippen molar-refractivity contribution < 1.29 is 37.5 Å². The lowest BCUT2D eigenvalue weighted by Gasteiger charge is -2.44. The maximum absolute atomic E-state index is 14.3. The van der Waals surface area contributed by atoms with Crippen LogP contribution < -0.4 is 10.2 Å². The van der Waals surface area contributed by atoms with Crippen molar-refractivity contribution in [1.82, 2.24) is 20.1 Å². The van der Waals surface area contributed by atoms with Crippen molar-refractivity contribution in [2.75, 3.05) is 32.1 Å². The molecule has 1 saturated carbocycles. The Kier molecular flexibility index (Phi) is 7.93. The second kappa shape index (κ2) is 11.6. The fourth-order valence-electron chi connectivity index (χ4n) is 7.56. The van der Waals surface area contributed by atoms with E-state index < -0.39 is 36.8 Å². The van der Waals surface area contributed by atoms with Gasteiger partial charge in [0.2, 0.25) is 11.8 Å². The molecule has 5 atom stereocenters. The summed E-state index contributed by atoms with van der Waals surface area (Å²) in [7, 11) is -1.81. The third-order valence-electron chi connectivity index (χ3n) is 10.2. The second-order valence-corrected chi connectivity index (χ2v) is 16.2. The van der Waals surface area contributed by atoms with E-state index in [9.17, 15) is 27.7 Å². The van der Waals surface area contributed by atoms with E-state index in [1.807, 2.05) is 36.2 Å². The monoisotopic (exact) mass is 687 g/mol. The topological polar surface area (TPSA) is 143 Å². The van der Waals surface area contributed by atoms with Crippen LogP contribution in [0.3, 0.4) is 0 Å². The first kappa shape index (κ1) is 32.1. The minimum Gasteiger partial charge on any atom is -0.377 e. The fourth-order valence-corrected chi connectivity index (χ4v) is 8.98. The summed E-state index contributed by atoms with van der Waals surface area (Å²) in [6.07, 6.45) is 7.18. The number of nitrogens with zero attached hydrogens (tertiary/aromatic N) is 4. The van der Waals surface area contributed by atoms with E-state index in [-0.39, 0.29) is 34.0 Å². The van der Waals surface area contributed by atoms with Gasteiger partial charge in [-0.2, -0.15) is 8.78 Å². The number of amides is 3. The lowest BCUT2D eigenvalue weighted by atomic mass is 9.90. The van der Waals surface area contributed by atoms with Gasteiger partial charge in [0.1, 0.15) is 12.1 Å². The predicted octanol–water partition coefficient (Wildman–Crippen LogP) is 4.10. The summed E-state index contributed by atoms with van der Waals surface area (Å²) in [4.78, 5) is 69.8. The molecule has 1 aromatic carbocycles. The quantitative estimate of drug-likeness (QED) is 0.315. The molecule has 3 N–H and O–H groups in total. The van der Waals surface area contributed by atoms with Gasteiger partial charge in [-0.25, -0.2) is 0 Å². The molecule has 3 aromatic rings. The molecule has 0 bridgehead atoms. The summed E-state index contributed by atoms with van der Waals surface area (Å²) in [6.45, 7) is 1.10. The molecule has 3 saturated heterocycles. The second-order valence-electron chi connectivity index (χ2n) is 13.5. The van der Waals surface area contributed by atoms with Crippen molar-refractivity contribution in [2.45, 2.75) is 61.8 Å². The zero-order valence-electron chi connectivity index (χ0n) is 25.9. The molecule has 0 spiro atoms. The number of carbonyl (C=O) groups excluding carboxylic acids is 3. The minimum absolute atomic E-state index is 0.0691. The number of hydrogen-bond donors (Lipinski definition) is 3. The number of anilines is 1. The molecule has 11 nitrogen and oxygen atoms in total. The number of alkyl halides is 2. The maximum Gasteiger partial charge on any atom is 0.399 e. The lowest BCUT2D eigenvalue weighted by Crippen LogP contribution is -2.59. The summed E-state index contributed by atoms with van der Waals surface area (Å²) in [5, 5.41) is 3.12. The molecular weight excluding hydrogens is 651 g/mol. The number of nitrogens with one attached hydrogen (secondary N) is 1. The van der Waals surface area contributed by atoms with Crippen LogP contribution in [0.4, 0.5) is 14.5 Å². The van der Waals surface area contributed by atoms with Crippen molar-refractivity contribution in [1.29, 1.82) is 0 Å². The van der Waals surface area contributed by atoms with Gasteiger partial charge in [-0.15, -0.1) is 11.3 Å². The molecular formula is C32H36F2N5O6PS. The van der Waals surface area contributed by atoms with Crippen LogP contribution in [-0.4, -0.2) is 87.6 Å². The third kappa shape index (κ3) is 5.72. The molecule has 0 radical (unpaired) electrons. The summed E-state index contributed by atoms with van der Waals surface area (Å²) in [5.41, 5.74) is -3.07. The number of likely N-dealkylation sites (tertiary alicyclic amines) is 1. The van der Waals surface area contributed by atoms with E-state index in [0.29, 0.717) is 42.5 Å². The van der Waals surface area contributed by atoms with Gasteiger partial charge in [0, 0.05) is 73.1 Å². The van der Waals surface area contributed by atoms with Crippen LogP contribution in [0.5, 0.6) is 0 Å². The zero-order chi connectivity index (χ0) is 33.4. The third-order valence-corrected chi connectivity index (χ3v) is 12.3. The van der Waals surface area contributed by atoms with Gasteiger partial charge >= 0.3 is 13.3 Å². The molecule has 1 aliphatic carbocycles. The molecule has 2 aromatic heterocycles. The highest BCUT2D eigenvalue weighted by molar-refractivity contribution is 7.52. The normalized spacial score (nSPS) is 26.3. The van der Waals surface area contributed by atoms with Crippen molar-refractivity contribution in [3.63, 3.8) is 0 Å². The highest BCUT2D eigenvalue weighted by atomic mass is 32.1. The van der Waals surface area contributed by atoms with Crippen LogP contribution in [0.2, 0.25) is 0 Å². The number of halogens is 2. The summed E-state index contributed by atoms with van der Waals surface area (Å²) < 4.78 is 40.5. The van der Waals surface area contributed by atoms with Crippen LogP contribution >= 0.6 is 18.9 Å². The molecule has 250 valence electrons. The number of fused-ring (bicyclic) bond motifs is 3. The van der Waals surface area contributed by atoms with Gasteiger partial charge in [-0.05, 0) is 73.6 Å². The van der Waals surface area contributed by atoms with E-state index >= 15 is 0 Å². The van der Waals surface area contributed by atoms with Crippen molar-refractivity contribution in [2.24, 2.45) is 11.8 Å². The Bertz CT molecular complexity index is 1810. The Morgan fingerprint density at radius 3 is 2.55 bits per heavy atom. The Morgan fingerprint density at radius 2 is 1.83 bits per heavy atom. The van der Waals surface area contributed by atoms with Gasteiger partial charge in [-0.1, -0.05) is 6.07 Å². The van der Waals surface area contributed by atoms with E-state index in [1.54, 1.807) is 11.1 Å². The Balaban J connectivity index is 1.07. The van der Waals surface area contributed by atoms with Crippen LogP contribution in [0, 0.1) is 11.8 Å². The SMILES string of the molecule is CN(C)c1ccncc1C1CN(C(=O)[C@@H]2CC[C@@H]3C[C@H]4C[C@H]4C[C@H](NC(=O)c4cc5cc(C(F)(F)P(=O)(O)O)ccc5s4)C(=O)N32)C1. The smallest absolute Gasteiger partial charge is 0.377 e. The number of benzene rings is 1. The van der Waals surface area contributed by atoms with Crippen LogP contribution in [0.15, 0.2) is 42.7 Å². The molecule has 3 amide bonds. The average Bonchev–Trinajstić information content (AvgIpc) is 3.36. The van der Waals surface area contributed by atoms with Gasteiger partial charge in [0.15, 0.2) is 0 Å². The molecule has 0 unspecified atom stereocenters. The number of rotatable bonds is 7. The Morgan fingerprint density at radius 1 is 1.09 bits per heavy atom. The fraction of sp³-hybridized carbons (Fsp3) is 0.500. The van der Waals surface area contributed by atoms with E-state index in [2.05, 4.69) is 10.3 Å². The zero-order valence-corrected chi connectivity index (χ0v) is 27.6. The van der Waals surface area contributed by atoms with Crippen LogP contribution in [-0.2, 0) is 19.8 Å². The molecule has 47 heavy (non-hydrogen) atoms. The van der Waals surface area contributed by atoms with Crippen molar-refractivity contribution in [3.05, 3.63) is 58.7 Å². The van der Waals surface area contributed by atoms with Crippen LogP contribution in [0.25, 0.3) is 10.1 Å². The van der Waals surface area contributed by atoms with Crippen molar-refractivity contribution in [3.8, 4) is 0 Å². The first-order valence-corrected chi connectivity index (χ1v) is 18.2. The first-order valence-electron chi connectivity index (χ1n) is 15.7. The minimum atomic E-state index is -5.75. The maximum atomic E-state index is 14.3. The molecule has 7 rings (SSSR count). The number of aromatic nitrogens is 1. The van der Waals surface area contributed by atoms with Gasteiger partial charge in [-0.3, -0.25) is 23.9 Å². The van der Waals surface area contributed by atoms with Gasteiger partial charge in [0.05, 0.1) is 4.88 Å². The van der Waals surface area contributed by atoms with Gasteiger partial charge < -0.3 is 29.8 Å². The number of thiophene rings is 1. The number of pyridine rings is 1. The van der Waals surface area contributed by atoms with Gasteiger partial charge in [0.25, 0.3) is 5.91 Å². The largest absolute Gasteiger partial charge is 0.399 e. The highest BCUT2D eigenvalue weighted by Crippen LogP contribution is 2.59. The average molecular weight is 688 g/mol. The van der Waals surface area contributed by atoms with E-state index in [0.717, 1.165) is 54.0 Å². The molecule has 3 aliphatic heterocycles. The lowest BCUT2D eigenvalue weighted by molar-refractivity contribution is -0.149.